The van der Waals surface area contributed by atoms with Crippen molar-refractivity contribution >= 4 is 29.2 Å². The maximum atomic E-state index is 12.5. The van der Waals surface area contributed by atoms with Gasteiger partial charge in [0, 0.05) is 50.0 Å². The van der Waals surface area contributed by atoms with Crippen LogP contribution in [-0.4, -0.2) is 72.5 Å². The molecule has 6 nitrogen and oxygen atoms in total. The van der Waals surface area contributed by atoms with Crippen LogP contribution in [0.1, 0.15) is 31.2 Å². The maximum absolute atomic E-state index is 12.5. The van der Waals surface area contributed by atoms with Crippen molar-refractivity contribution in [3.63, 3.8) is 0 Å². The topological polar surface area (TPSA) is 55.9 Å². The van der Waals surface area contributed by atoms with Crippen molar-refractivity contribution in [2.45, 2.75) is 32.6 Å². The first kappa shape index (κ1) is 20.0. The third-order valence-electron chi connectivity index (χ3n) is 5.40. The lowest BCUT2D eigenvalue weighted by Crippen LogP contribution is -2.52. The molecule has 148 valence electrons. The number of piperazine rings is 1. The minimum atomic E-state index is -0.117. The number of likely N-dealkylation sites (tertiary alicyclic amines) is 1. The molecule has 0 radical (unpaired) electrons. The zero-order chi connectivity index (χ0) is 19.2. The number of amides is 3. The number of urea groups is 1. The highest BCUT2D eigenvalue weighted by Gasteiger charge is 2.24. The molecule has 0 aromatic heterocycles. The summed E-state index contributed by atoms with van der Waals surface area (Å²) in [6.45, 7) is 6.87. The van der Waals surface area contributed by atoms with Gasteiger partial charge in [0.2, 0.25) is 5.91 Å². The summed E-state index contributed by atoms with van der Waals surface area (Å²) in [7, 11) is 0. The van der Waals surface area contributed by atoms with Gasteiger partial charge in [-0.3, -0.25) is 9.69 Å². The summed E-state index contributed by atoms with van der Waals surface area (Å²) < 4.78 is 0. The summed E-state index contributed by atoms with van der Waals surface area (Å²) in [5, 5.41) is 3.55. The SMILES string of the molecule is Cc1ccc(NC(=O)N2CCN(CC(=O)N3CCCCCC3)CC2)cc1Cl. The fourth-order valence-electron chi connectivity index (χ4n) is 3.59. The van der Waals surface area contributed by atoms with E-state index in [1.54, 1.807) is 11.0 Å². The van der Waals surface area contributed by atoms with E-state index in [9.17, 15) is 9.59 Å². The van der Waals surface area contributed by atoms with Gasteiger partial charge in [-0.15, -0.1) is 0 Å². The highest BCUT2D eigenvalue weighted by atomic mass is 35.5. The smallest absolute Gasteiger partial charge is 0.321 e. The lowest BCUT2D eigenvalue weighted by atomic mass is 10.2. The Morgan fingerprint density at radius 2 is 1.63 bits per heavy atom. The first-order valence-electron chi connectivity index (χ1n) is 9.85. The van der Waals surface area contributed by atoms with Gasteiger partial charge in [-0.25, -0.2) is 4.79 Å². The molecule has 3 amide bonds. The molecule has 1 aromatic rings. The fraction of sp³-hybridized carbons (Fsp3) is 0.600. The summed E-state index contributed by atoms with van der Waals surface area (Å²) in [5.41, 5.74) is 1.69. The fourth-order valence-corrected chi connectivity index (χ4v) is 3.77. The van der Waals surface area contributed by atoms with Gasteiger partial charge in [-0.1, -0.05) is 30.5 Å². The first-order chi connectivity index (χ1) is 13.0. The standard InChI is InChI=1S/C20H29ClN4O2/c1-16-6-7-17(14-18(16)21)22-20(27)25-12-10-23(11-13-25)15-19(26)24-8-4-2-3-5-9-24/h6-7,14H,2-5,8-13,15H2,1H3,(H,22,27). The van der Waals surface area contributed by atoms with Crippen LogP contribution >= 0.6 is 11.6 Å². The highest BCUT2D eigenvalue weighted by molar-refractivity contribution is 6.31. The lowest BCUT2D eigenvalue weighted by molar-refractivity contribution is -0.132. The highest BCUT2D eigenvalue weighted by Crippen LogP contribution is 2.20. The molecule has 0 spiro atoms. The molecule has 0 saturated carbocycles. The Kier molecular flexibility index (Phi) is 6.96. The van der Waals surface area contributed by atoms with Gasteiger partial charge in [0.25, 0.3) is 0 Å². The van der Waals surface area contributed by atoms with Crippen molar-refractivity contribution in [3.05, 3.63) is 28.8 Å². The first-order valence-corrected chi connectivity index (χ1v) is 10.2. The van der Waals surface area contributed by atoms with Crippen LogP contribution in [0.3, 0.4) is 0 Å². The Balaban J connectivity index is 1.44. The number of anilines is 1. The minimum Gasteiger partial charge on any atom is -0.342 e. The number of nitrogens with one attached hydrogen (secondary N) is 1. The van der Waals surface area contributed by atoms with Crippen molar-refractivity contribution in [2.75, 3.05) is 51.1 Å². The van der Waals surface area contributed by atoms with Crippen LogP contribution in [0.25, 0.3) is 0 Å². The summed E-state index contributed by atoms with van der Waals surface area (Å²) in [6.07, 6.45) is 4.68. The Bertz CT molecular complexity index is 666. The number of carbonyl (C=O) groups excluding carboxylic acids is 2. The van der Waals surface area contributed by atoms with Crippen LogP contribution in [0, 0.1) is 6.92 Å². The average Bonchev–Trinajstić information content (AvgIpc) is 2.95. The zero-order valence-corrected chi connectivity index (χ0v) is 16.8. The van der Waals surface area contributed by atoms with E-state index in [-0.39, 0.29) is 11.9 Å². The Morgan fingerprint density at radius 1 is 0.963 bits per heavy atom. The van der Waals surface area contributed by atoms with E-state index >= 15 is 0 Å². The number of rotatable bonds is 3. The molecule has 0 atom stereocenters. The molecule has 1 N–H and O–H groups in total. The van der Waals surface area contributed by atoms with Gasteiger partial charge >= 0.3 is 6.03 Å². The second-order valence-electron chi connectivity index (χ2n) is 7.45. The van der Waals surface area contributed by atoms with E-state index in [1.807, 2.05) is 24.0 Å². The molecule has 2 heterocycles. The van der Waals surface area contributed by atoms with Crippen molar-refractivity contribution in [3.8, 4) is 0 Å². The number of benzene rings is 1. The molecule has 2 aliphatic rings. The molecular weight excluding hydrogens is 364 g/mol. The predicted octanol–water partition coefficient (Wildman–Crippen LogP) is 3.20. The summed E-state index contributed by atoms with van der Waals surface area (Å²) in [5.74, 6) is 0.226. The van der Waals surface area contributed by atoms with E-state index < -0.39 is 0 Å². The van der Waals surface area contributed by atoms with E-state index in [1.165, 1.54) is 12.8 Å². The molecule has 0 bridgehead atoms. The van der Waals surface area contributed by atoms with Gasteiger partial charge in [0.1, 0.15) is 0 Å². The molecule has 1 aromatic carbocycles. The van der Waals surface area contributed by atoms with Crippen LogP contribution in [0.2, 0.25) is 5.02 Å². The van der Waals surface area contributed by atoms with Crippen LogP contribution in [0.5, 0.6) is 0 Å². The summed E-state index contributed by atoms with van der Waals surface area (Å²) in [6, 6.07) is 5.40. The van der Waals surface area contributed by atoms with Gasteiger partial charge in [0.15, 0.2) is 0 Å². The number of hydrogen-bond donors (Lipinski definition) is 1. The minimum absolute atomic E-state index is 0.117. The molecule has 0 aliphatic carbocycles. The zero-order valence-electron chi connectivity index (χ0n) is 16.0. The largest absolute Gasteiger partial charge is 0.342 e. The molecule has 3 rings (SSSR count). The summed E-state index contributed by atoms with van der Waals surface area (Å²) in [4.78, 5) is 30.9. The molecule has 27 heavy (non-hydrogen) atoms. The molecule has 7 heteroatoms. The second kappa shape index (κ2) is 9.42. The van der Waals surface area contributed by atoms with Crippen LogP contribution in [0.15, 0.2) is 18.2 Å². The van der Waals surface area contributed by atoms with Gasteiger partial charge in [-0.05, 0) is 37.5 Å². The van der Waals surface area contributed by atoms with E-state index in [0.29, 0.717) is 30.3 Å². The third-order valence-corrected chi connectivity index (χ3v) is 5.81. The summed E-state index contributed by atoms with van der Waals surface area (Å²) >= 11 is 6.12. The molecule has 2 saturated heterocycles. The predicted molar refractivity (Wildman–Crippen MR) is 108 cm³/mol. The quantitative estimate of drug-likeness (QED) is 0.859. The Labute approximate surface area is 166 Å². The van der Waals surface area contributed by atoms with Gasteiger partial charge in [0.05, 0.1) is 6.54 Å². The van der Waals surface area contributed by atoms with Crippen LogP contribution in [0.4, 0.5) is 10.5 Å². The van der Waals surface area contributed by atoms with E-state index in [2.05, 4.69) is 10.2 Å². The molecule has 0 unspecified atom stereocenters. The number of carbonyl (C=O) groups is 2. The number of nitrogens with zero attached hydrogens (tertiary/aromatic N) is 3. The lowest BCUT2D eigenvalue weighted by Gasteiger charge is -2.35. The molecular formula is C20H29ClN4O2. The Hall–Kier alpha value is -1.79. The number of hydrogen-bond acceptors (Lipinski definition) is 3. The van der Waals surface area contributed by atoms with E-state index in [0.717, 1.165) is 44.6 Å². The van der Waals surface area contributed by atoms with Crippen molar-refractivity contribution < 1.29 is 9.59 Å². The van der Waals surface area contributed by atoms with Crippen LogP contribution in [-0.2, 0) is 4.79 Å². The van der Waals surface area contributed by atoms with Gasteiger partial charge < -0.3 is 15.1 Å². The van der Waals surface area contributed by atoms with Crippen molar-refractivity contribution in [2.24, 2.45) is 0 Å². The van der Waals surface area contributed by atoms with Crippen molar-refractivity contribution in [1.29, 1.82) is 0 Å². The van der Waals surface area contributed by atoms with Gasteiger partial charge in [-0.2, -0.15) is 0 Å². The number of aryl methyl sites for hydroxylation is 1. The monoisotopic (exact) mass is 392 g/mol. The maximum Gasteiger partial charge on any atom is 0.321 e. The average molecular weight is 393 g/mol. The number of halogens is 1. The third kappa shape index (κ3) is 5.59. The van der Waals surface area contributed by atoms with Crippen molar-refractivity contribution in [1.82, 2.24) is 14.7 Å². The van der Waals surface area contributed by atoms with E-state index in [4.69, 9.17) is 11.6 Å². The van der Waals surface area contributed by atoms with Crippen LogP contribution < -0.4 is 5.32 Å². The second-order valence-corrected chi connectivity index (χ2v) is 7.86. The Morgan fingerprint density at radius 3 is 2.26 bits per heavy atom. The normalized spacial score (nSPS) is 18.9. The molecule has 2 aliphatic heterocycles. The molecule has 2 fully saturated rings.